The van der Waals surface area contributed by atoms with Crippen LogP contribution in [0.2, 0.25) is 0 Å². The van der Waals surface area contributed by atoms with Crippen molar-refractivity contribution in [1.29, 1.82) is 0 Å². The predicted molar refractivity (Wildman–Crippen MR) is 144 cm³/mol. The standard InChI is InChI=1S/C26H25N5O4S2/c1-3-20-30-31-21(32)12-15(27-26(31)37-20)13-35-17-10-9-14(11-18(17)34-4-2)23-28-24(33)22-16-7-5-6-8-19(16)36-25(22)29-23/h9-12H,3-8,13H2,1-2H3,(H,28,29,33). The SMILES string of the molecule is CCOc1cc(-c2nc3sc4c(c3c(=O)[nH]2)CCCC4)ccc1OCc1cc(=O)n2nc(CC)sc2n1. The highest BCUT2D eigenvalue weighted by Crippen LogP contribution is 2.36. The van der Waals surface area contributed by atoms with E-state index in [-0.39, 0.29) is 17.7 Å². The second-order valence-electron chi connectivity index (χ2n) is 8.82. The Kier molecular flexibility index (Phi) is 6.25. The molecule has 0 bridgehead atoms. The Bertz CT molecular complexity index is 1750. The highest BCUT2D eigenvalue weighted by Gasteiger charge is 2.20. The quantitative estimate of drug-likeness (QED) is 0.326. The van der Waals surface area contributed by atoms with Crippen LogP contribution in [0, 0.1) is 0 Å². The Morgan fingerprint density at radius 3 is 2.73 bits per heavy atom. The number of nitrogens with one attached hydrogen (secondary N) is 1. The van der Waals surface area contributed by atoms with Gasteiger partial charge >= 0.3 is 0 Å². The molecule has 9 nitrogen and oxygen atoms in total. The molecule has 1 aliphatic rings. The van der Waals surface area contributed by atoms with E-state index < -0.39 is 0 Å². The second kappa shape index (κ2) is 9.71. The molecule has 0 radical (unpaired) electrons. The van der Waals surface area contributed by atoms with Crippen LogP contribution in [-0.4, -0.2) is 31.2 Å². The maximum absolute atomic E-state index is 13.0. The van der Waals surface area contributed by atoms with Crippen LogP contribution in [-0.2, 0) is 25.9 Å². The lowest BCUT2D eigenvalue weighted by atomic mass is 9.97. The van der Waals surface area contributed by atoms with Gasteiger partial charge in [-0.25, -0.2) is 9.97 Å². The van der Waals surface area contributed by atoms with E-state index in [1.165, 1.54) is 32.4 Å². The molecule has 190 valence electrons. The largest absolute Gasteiger partial charge is 0.490 e. The van der Waals surface area contributed by atoms with Crippen molar-refractivity contribution in [2.24, 2.45) is 0 Å². The van der Waals surface area contributed by atoms with Crippen molar-refractivity contribution in [3.8, 4) is 22.9 Å². The number of hydrogen-bond acceptors (Lipinski definition) is 9. The van der Waals surface area contributed by atoms with E-state index >= 15 is 0 Å². The Hall–Kier alpha value is -3.57. The van der Waals surface area contributed by atoms with Gasteiger partial charge in [-0.1, -0.05) is 18.3 Å². The number of aryl methyl sites for hydroxylation is 3. The van der Waals surface area contributed by atoms with Crippen molar-refractivity contribution in [1.82, 2.24) is 24.6 Å². The zero-order valence-corrected chi connectivity index (χ0v) is 22.1. The van der Waals surface area contributed by atoms with Crippen LogP contribution in [0.5, 0.6) is 11.5 Å². The lowest BCUT2D eigenvalue weighted by Gasteiger charge is -2.13. The second-order valence-corrected chi connectivity index (χ2v) is 10.9. The molecule has 0 unspecified atom stereocenters. The molecule has 0 spiro atoms. The average molecular weight is 536 g/mol. The van der Waals surface area contributed by atoms with Gasteiger partial charge < -0.3 is 14.5 Å². The molecule has 0 saturated carbocycles. The third-order valence-corrected chi connectivity index (χ3v) is 8.60. The van der Waals surface area contributed by atoms with Crippen molar-refractivity contribution >= 4 is 37.9 Å². The lowest BCUT2D eigenvalue weighted by Crippen LogP contribution is -2.16. The first-order valence-electron chi connectivity index (χ1n) is 12.4. The van der Waals surface area contributed by atoms with Crippen LogP contribution in [0.25, 0.3) is 26.6 Å². The van der Waals surface area contributed by atoms with Gasteiger partial charge in [0.05, 0.1) is 17.7 Å². The van der Waals surface area contributed by atoms with Crippen molar-refractivity contribution in [2.75, 3.05) is 6.61 Å². The van der Waals surface area contributed by atoms with E-state index in [1.807, 2.05) is 26.0 Å². The zero-order valence-electron chi connectivity index (χ0n) is 20.5. The van der Waals surface area contributed by atoms with Crippen molar-refractivity contribution < 1.29 is 9.47 Å². The molecule has 4 aromatic heterocycles. The van der Waals surface area contributed by atoms with E-state index in [1.54, 1.807) is 17.4 Å². The molecular weight excluding hydrogens is 510 g/mol. The normalized spacial score (nSPS) is 13.2. The van der Waals surface area contributed by atoms with E-state index in [9.17, 15) is 9.59 Å². The number of aromatic amines is 1. The van der Waals surface area contributed by atoms with Gasteiger partial charge in [0.2, 0.25) is 4.96 Å². The summed E-state index contributed by atoms with van der Waals surface area (Å²) in [4.78, 5) is 40.4. The van der Waals surface area contributed by atoms with Crippen LogP contribution in [0.4, 0.5) is 0 Å². The third kappa shape index (κ3) is 4.42. The smallest absolute Gasteiger partial charge is 0.275 e. The fourth-order valence-corrected chi connectivity index (χ4v) is 6.73. The van der Waals surface area contributed by atoms with Gasteiger partial charge in [-0.3, -0.25) is 9.59 Å². The molecule has 11 heteroatoms. The summed E-state index contributed by atoms with van der Waals surface area (Å²) in [6.07, 6.45) is 4.97. The first-order chi connectivity index (χ1) is 18.0. The van der Waals surface area contributed by atoms with E-state index in [2.05, 4.69) is 15.1 Å². The molecule has 6 rings (SSSR count). The number of rotatable bonds is 7. The van der Waals surface area contributed by atoms with Crippen molar-refractivity contribution in [3.63, 3.8) is 0 Å². The molecule has 1 aromatic carbocycles. The first kappa shape index (κ1) is 23.8. The fraction of sp³-hybridized carbons (Fsp3) is 0.346. The van der Waals surface area contributed by atoms with Gasteiger partial charge in [0.25, 0.3) is 11.1 Å². The number of H-pyrrole nitrogens is 1. The molecule has 5 aromatic rings. The van der Waals surface area contributed by atoms with E-state index in [0.29, 0.717) is 34.6 Å². The molecule has 4 heterocycles. The Labute approximate surface area is 219 Å². The number of ether oxygens (including phenoxy) is 2. The van der Waals surface area contributed by atoms with Gasteiger partial charge in [0.15, 0.2) is 11.5 Å². The number of hydrogen-bond donors (Lipinski definition) is 1. The van der Waals surface area contributed by atoms with Crippen molar-refractivity contribution in [2.45, 2.75) is 52.6 Å². The third-order valence-electron chi connectivity index (χ3n) is 6.36. The summed E-state index contributed by atoms with van der Waals surface area (Å²) < 4.78 is 13.2. The topological polar surface area (TPSA) is 111 Å². The molecule has 1 N–H and O–H groups in total. The molecule has 0 amide bonds. The van der Waals surface area contributed by atoms with E-state index in [0.717, 1.165) is 52.9 Å². The number of aromatic nitrogens is 5. The Morgan fingerprint density at radius 1 is 1.03 bits per heavy atom. The minimum Gasteiger partial charge on any atom is -0.490 e. The summed E-state index contributed by atoms with van der Waals surface area (Å²) in [5.74, 6) is 1.54. The van der Waals surface area contributed by atoms with Gasteiger partial charge in [-0.2, -0.15) is 9.61 Å². The molecule has 0 fully saturated rings. The number of thiophene rings is 1. The molecule has 37 heavy (non-hydrogen) atoms. The number of fused-ring (bicyclic) bond motifs is 4. The highest BCUT2D eigenvalue weighted by molar-refractivity contribution is 7.18. The highest BCUT2D eigenvalue weighted by atomic mass is 32.1. The zero-order chi connectivity index (χ0) is 25.5. The summed E-state index contributed by atoms with van der Waals surface area (Å²) in [6.45, 7) is 4.42. The molecule has 0 saturated heterocycles. The monoisotopic (exact) mass is 535 g/mol. The van der Waals surface area contributed by atoms with Gasteiger partial charge in [0, 0.05) is 16.5 Å². The summed E-state index contributed by atoms with van der Waals surface area (Å²) >= 11 is 3.02. The Balaban J connectivity index is 1.30. The maximum Gasteiger partial charge on any atom is 0.275 e. The van der Waals surface area contributed by atoms with Crippen LogP contribution >= 0.6 is 22.7 Å². The fourth-order valence-electron chi connectivity index (χ4n) is 4.61. The predicted octanol–water partition coefficient (Wildman–Crippen LogP) is 4.53. The summed E-state index contributed by atoms with van der Waals surface area (Å²) in [5.41, 5.74) is 2.08. The molecule has 0 aliphatic heterocycles. The number of benzene rings is 1. The summed E-state index contributed by atoms with van der Waals surface area (Å²) in [7, 11) is 0. The average Bonchev–Trinajstić information content (AvgIpc) is 3.49. The maximum atomic E-state index is 13.0. The Morgan fingerprint density at radius 2 is 1.89 bits per heavy atom. The van der Waals surface area contributed by atoms with Crippen LogP contribution in [0.3, 0.4) is 0 Å². The van der Waals surface area contributed by atoms with Gasteiger partial charge in [-0.05, 0) is 62.8 Å². The summed E-state index contributed by atoms with van der Waals surface area (Å²) in [5, 5.41) is 5.87. The van der Waals surface area contributed by atoms with Gasteiger partial charge in [0.1, 0.15) is 22.3 Å². The van der Waals surface area contributed by atoms with Crippen LogP contribution < -0.4 is 20.6 Å². The lowest BCUT2D eigenvalue weighted by molar-refractivity contribution is 0.266. The molecular formula is C26H25N5O4S2. The molecule has 1 aliphatic carbocycles. The first-order valence-corrected chi connectivity index (χ1v) is 14.0. The van der Waals surface area contributed by atoms with E-state index in [4.69, 9.17) is 14.5 Å². The van der Waals surface area contributed by atoms with Crippen LogP contribution in [0.15, 0.2) is 33.9 Å². The summed E-state index contributed by atoms with van der Waals surface area (Å²) in [6, 6.07) is 6.89. The van der Waals surface area contributed by atoms with Gasteiger partial charge in [-0.15, -0.1) is 11.3 Å². The van der Waals surface area contributed by atoms with Crippen molar-refractivity contribution in [3.05, 3.63) is 66.1 Å². The minimum atomic E-state index is -0.236. The minimum absolute atomic E-state index is 0.0975. The van der Waals surface area contributed by atoms with Crippen LogP contribution in [0.1, 0.15) is 47.8 Å². The molecule has 0 atom stereocenters. The number of nitrogens with zero attached hydrogens (tertiary/aromatic N) is 4.